The van der Waals surface area contributed by atoms with Crippen LogP contribution in [-0.4, -0.2) is 49.3 Å². The monoisotopic (exact) mass is 466 g/mol. The molecule has 0 spiro atoms. The van der Waals surface area contributed by atoms with E-state index in [0.29, 0.717) is 23.2 Å². The van der Waals surface area contributed by atoms with Crippen molar-refractivity contribution in [3.63, 3.8) is 0 Å². The van der Waals surface area contributed by atoms with Crippen LogP contribution in [-0.2, 0) is 14.3 Å². The first kappa shape index (κ1) is 23.1. The van der Waals surface area contributed by atoms with Crippen LogP contribution in [0.25, 0.3) is 0 Å². The van der Waals surface area contributed by atoms with E-state index in [1.165, 1.54) is 6.20 Å². The molecule has 1 atom stereocenters. The van der Waals surface area contributed by atoms with Crippen LogP contribution >= 0.6 is 0 Å². The largest absolute Gasteiger partial charge is 0.497 e. The van der Waals surface area contributed by atoms with Crippen molar-refractivity contribution in [1.82, 2.24) is 15.6 Å². The number of pyridine rings is 1. The molecule has 4 rings (SSSR count). The summed E-state index contributed by atoms with van der Waals surface area (Å²) in [6, 6.07) is 9.37. The van der Waals surface area contributed by atoms with Gasteiger partial charge in [0.1, 0.15) is 18.2 Å². The molecule has 178 valence electrons. The predicted octanol–water partition coefficient (Wildman–Crippen LogP) is 2.69. The topological polar surface area (TPSA) is 128 Å². The molecular weight excluding hydrogens is 440 g/mol. The lowest BCUT2D eigenvalue weighted by Crippen LogP contribution is -2.47. The van der Waals surface area contributed by atoms with E-state index in [1.807, 2.05) is 0 Å². The maximum absolute atomic E-state index is 12.8. The van der Waals surface area contributed by atoms with Gasteiger partial charge < -0.3 is 30.2 Å². The normalized spacial score (nSPS) is 17.4. The van der Waals surface area contributed by atoms with Crippen molar-refractivity contribution in [2.45, 2.75) is 31.8 Å². The number of hydrogen-bond donors (Lipinski definition) is 3. The van der Waals surface area contributed by atoms with E-state index >= 15 is 0 Å². The fourth-order valence-corrected chi connectivity index (χ4v) is 3.49. The summed E-state index contributed by atoms with van der Waals surface area (Å²) in [4.78, 5) is 42.0. The Morgan fingerprint density at radius 3 is 2.47 bits per heavy atom. The first-order valence-corrected chi connectivity index (χ1v) is 11.0. The van der Waals surface area contributed by atoms with E-state index in [-0.39, 0.29) is 30.0 Å². The zero-order valence-electron chi connectivity index (χ0n) is 18.9. The Morgan fingerprint density at radius 2 is 1.85 bits per heavy atom. The molecule has 0 saturated heterocycles. The van der Waals surface area contributed by atoms with Crippen molar-refractivity contribution in [2.24, 2.45) is 0 Å². The second-order valence-electron chi connectivity index (χ2n) is 7.84. The molecule has 1 aromatic carbocycles. The van der Waals surface area contributed by atoms with Crippen LogP contribution in [0.5, 0.6) is 5.75 Å². The third kappa shape index (κ3) is 5.45. The van der Waals surface area contributed by atoms with Gasteiger partial charge in [0.05, 0.1) is 36.6 Å². The van der Waals surface area contributed by atoms with Gasteiger partial charge in [-0.1, -0.05) is 12.1 Å². The van der Waals surface area contributed by atoms with Crippen LogP contribution in [0.3, 0.4) is 0 Å². The molecule has 3 N–H and O–H groups in total. The number of esters is 2. The van der Waals surface area contributed by atoms with Gasteiger partial charge in [-0.3, -0.25) is 0 Å². The van der Waals surface area contributed by atoms with Crippen molar-refractivity contribution in [3.05, 3.63) is 65.0 Å². The van der Waals surface area contributed by atoms with Crippen molar-refractivity contribution >= 4 is 23.8 Å². The summed E-state index contributed by atoms with van der Waals surface area (Å²) < 4.78 is 15.8. The third-order valence-electron chi connectivity index (χ3n) is 5.37. The van der Waals surface area contributed by atoms with E-state index < -0.39 is 24.0 Å². The zero-order chi connectivity index (χ0) is 24.1. The van der Waals surface area contributed by atoms with Crippen LogP contribution in [0.15, 0.2) is 53.9 Å². The standard InChI is InChI=1S/C24H26N4O6/c1-3-33-23(30)20-18(27-24(31)28-21(20)14-4-9-17(32-2)10-5-14)13-34-22(29)15-6-11-19(25-12-15)26-16-7-8-16/h4-6,9-12,16,21H,3,7-8,13H2,1-2H3,(H,25,26)(H2,27,28,31). The van der Waals surface area contributed by atoms with Gasteiger partial charge in [-0.25, -0.2) is 19.4 Å². The third-order valence-corrected chi connectivity index (χ3v) is 5.37. The molecule has 1 aliphatic carbocycles. The number of urea groups is 1. The van der Waals surface area contributed by atoms with Crippen LogP contribution in [0.1, 0.15) is 41.7 Å². The van der Waals surface area contributed by atoms with Crippen molar-refractivity contribution < 1.29 is 28.6 Å². The maximum Gasteiger partial charge on any atom is 0.340 e. The summed E-state index contributed by atoms with van der Waals surface area (Å²) in [7, 11) is 1.55. The summed E-state index contributed by atoms with van der Waals surface area (Å²) in [5, 5.41) is 8.55. The van der Waals surface area contributed by atoms with Gasteiger partial charge in [0, 0.05) is 12.2 Å². The molecule has 0 radical (unpaired) electrons. The van der Waals surface area contributed by atoms with Gasteiger partial charge in [-0.15, -0.1) is 0 Å². The quantitative estimate of drug-likeness (QED) is 0.482. The average Bonchev–Trinajstić information content (AvgIpc) is 3.66. The lowest BCUT2D eigenvalue weighted by atomic mass is 9.95. The van der Waals surface area contributed by atoms with E-state index in [2.05, 4.69) is 20.9 Å². The highest BCUT2D eigenvalue weighted by molar-refractivity contribution is 5.95. The zero-order valence-corrected chi connectivity index (χ0v) is 18.9. The number of nitrogens with zero attached hydrogens (tertiary/aromatic N) is 1. The molecule has 2 aromatic rings. The minimum absolute atomic E-state index is 0.144. The summed E-state index contributed by atoms with van der Waals surface area (Å²) in [6.07, 6.45) is 3.65. The van der Waals surface area contributed by atoms with Crippen LogP contribution in [0, 0.1) is 0 Å². The summed E-state index contributed by atoms with van der Waals surface area (Å²) in [5.41, 5.74) is 1.20. The lowest BCUT2D eigenvalue weighted by Gasteiger charge is -2.29. The fourth-order valence-electron chi connectivity index (χ4n) is 3.49. The van der Waals surface area contributed by atoms with Crippen LogP contribution < -0.4 is 20.7 Å². The van der Waals surface area contributed by atoms with E-state index in [9.17, 15) is 14.4 Å². The van der Waals surface area contributed by atoms with Gasteiger partial charge in [0.25, 0.3) is 0 Å². The fraction of sp³-hybridized carbons (Fsp3) is 0.333. The van der Waals surface area contributed by atoms with Crippen molar-refractivity contribution in [1.29, 1.82) is 0 Å². The number of nitrogens with one attached hydrogen (secondary N) is 3. The molecule has 2 aliphatic rings. The Hall–Kier alpha value is -4.08. The van der Waals surface area contributed by atoms with E-state index in [4.69, 9.17) is 14.2 Å². The second-order valence-corrected chi connectivity index (χ2v) is 7.84. The number of hydrogen-bond acceptors (Lipinski definition) is 8. The number of carbonyl (C=O) groups excluding carboxylic acids is 3. The Bertz CT molecular complexity index is 1090. The molecule has 10 heteroatoms. The maximum atomic E-state index is 12.8. The number of methoxy groups -OCH3 is 1. The minimum Gasteiger partial charge on any atom is -0.497 e. The van der Waals surface area contributed by atoms with Gasteiger partial charge in [-0.05, 0) is 49.6 Å². The molecule has 1 saturated carbocycles. The summed E-state index contributed by atoms with van der Waals surface area (Å²) in [5.74, 6) is 0.0695. The smallest absolute Gasteiger partial charge is 0.340 e. The van der Waals surface area contributed by atoms with Crippen LogP contribution in [0.4, 0.5) is 10.6 Å². The molecule has 0 bridgehead atoms. The number of amides is 2. The molecule has 2 heterocycles. The minimum atomic E-state index is -0.790. The number of aromatic nitrogens is 1. The molecule has 1 aliphatic heterocycles. The highest BCUT2D eigenvalue weighted by Gasteiger charge is 2.34. The molecular formula is C24H26N4O6. The lowest BCUT2D eigenvalue weighted by molar-refractivity contribution is -0.139. The summed E-state index contributed by atoms with van der Waals surface area (Å²) in [6.45, 7) is 1.50. The number of anilines is 1. The second kappa shape index (κ2) is 10.2. The van der Waals surface area contributed by atoms with Gasteiger partial charge in [-0.2, -0.15) is 0 Å². The number of ether oxygens (including phenoxy) is 3. The number of benzene rings is 1. The number of rotatable bonds is 9. The van der Waals surface area contributed by atoms with Crippen molar-refractivity contribution in [2.75, 3.05) is 25.6 Å². The van der Waals surface area contributed by atoms with Gasteiger partial charge >= 0.3 is 18.0 Å². The highest BCUT2D eigenvalue weighted by atomic mass is 16.5. The highest BCUT2D eigenvalue weighted by Crippen LogP contribution is 2.29. The number of carbonyl (C=O) groups is 3. The molecule has 1 fully saturated rings. The molecule has 1 unspecified atom stereocenters. The Morgan fingerprint density at radius 1 is 1.09 bits per heavy atom. The van der Waals surface area contributed by atoms with Crippen molar-refractivity contribution in [3.8, 4) is 5.75 Å². The molecule has 2 amide bonds. The van der Waals surface area contributed by atoms with E-state index in [1.54, 1.807) is 50.4 Å². The Balaban J connectivity index is 1.54. The van der Waals surface area contributed by atoms with Gasteiger partial charge in [0.2, 0.25) is 0 Å². The first-order valence-electron chi connectivity index (χ1n) is 11.0. The molecule has 10 nitrogen and oxygen atoms in total. The Kier molecular flexibility index (Phi) is 6.95. The van der Waals surface area contributed by atoms with Crippen LogP contribution in [0.2, 0.25) is 0 Å². The first-order chi connectivity index (χ1) is 16.5. The van der Waals surface area contributed by atoms with Gasteiger partial charge in [0.15, 0.2) is 0 Å². The molecule has 34 heavy (non-hydrogen) atoms. The SMILES string of the molecule is CCOC(=O)C1=C(COC(=O)c2ccc(NC3CC3)nc2)NC(=O)NC1c1ccc(OC)cc1. The Labute approximate surface area is 196 Å². The van der Waals surface area contributed by atoms with E-state index in [0.717, 1.165) is 12.8 Å². The average molecular weight is 466 g/mol. The molecule has 1 aromatic heterocycles. The summed E-state index contributed by atoms with van der Waals surface area (Å²) >= 11 is 0. The predicted molar refractivity (Wildman–Crippen MR) is 122 cm³/mol.